The quantitative estimate of drug-likeness (QED) is 0.173. The summed E-state index contributed by atoms with van der Waals surface area (Å²) < 4.78 is 9.96. The number of benzene rings is 4. The molecule has 52 heavy (non-hydrogen) atoms. The smallest absolute Gasteiger partial charge is 0.144 e. The van der Waals surface area contributed by atoms with Crippen molar-refractivity contribution in [2.45, 2.75) is 102 Å². The normalized spacial score (nSPS) is 30.1. The number of pyridine rings is 1. The van der Waals surface area contributed by atoms with E-state index in [-0.39, 0.29) is 0 Å². The van der Waals surface area contributed by atoms with Crippen molar-refractivity contribution in [1.29, 1.82) is 0 Å². The van der Waals surface area contributed by atoms with Crippen LogP contribution in [0, 0.1) is 37.5 Å². The van der Waals surface area contributed by atoms with Gasteiger partial charge in [0.15, 0.2) is 0 Å². The lowest BCUT2D eigenvalue weighted by Gasteiger charge is -2.38. The molecule has 3 nitrogen and oxygen atoms in total. The Morgan fingerprint density at radius 3 is 1.96 bits per heavy atom. The summed E-state index contributed by atoms with van der Waals surface area (Å²) in [4.78, 5) is 5.57. The van der Waals surface area contributed by atoms with Crippen LogP contribution in [0.2, 0.25) is 0 Å². The van der Waals surface area contributed by atoms with Crippen molar-refractivity contribution in [3.63, 3.8) is 0 Å². The molecule has 4 atom stereocenters. The number of furan rings is 1. The van der Waals surface area contributed by atoms with E-state index >= 15 is 0 Å². The molecule has 8 aliphatic rings. The van der Waals surface area contributed by atoms with Crippen LogP contribution in [-0.2, 0) is 0 Å². The minimum absolute atomic E-state index is 0.605. The van der Waals surface area contributed by atoms with Crippen molar-refractivity contribution in [3.8, 4) is 11.1 Å². The molecule has 16 rings (SSSR count). The topological polar surface area (TPSA) is 30.4 Å². The minimum atomic E-state index is 0.605. The van der Waals surface area contributed by atoms with Crippen LogP contribution in [0.5, 0.6) is 0 Å². The van der Waals surface area contributed by atoms with E-state index < -0.39 is 0 Å². The molecule has 8 bridgehead atoms. The van der Waals surface area contributed by atoms with Gasteiger partial charge in [0.1, 0.15) is 11.2 Å². The zero-order chi connectivity index (χ0) is 33.7. The Morgan fingerprint density at radius 1 is 0.577 bits per heavy atom. The van der Waals surface area contributed by atoms with Crippen LogP contribution >= 0.6 is 0 Å². The molecule has 4 heterocycles. The van der Waals surface area contributed by atoms with Gasteiger partial charge in [-0.15, -0.1) is 0 Å². The Kier molecular flexibility index (Phi) is 5.09. The van der Waals surface area contributed by atoms with Crippen molar-refractivity contribution >= 4 is 60.0 Å². The van der Waals surface area contributed by atoms with Gasteiger partial charge in [0.25, 0.3) is 0 Å². The van der Waals surface area contributed by atoms with Crippen LogP contribution in [0.1, 0.15) is 121 Å². The Labute approximate surface area is 303 Å². The average molecular weight is 677 g/mol. The number of para-hydroxylation sites is 1. The summed E-state index contributed by atoms with van der Waals surface area (Å²) in [5, 5.41) is 8.35. The van der Waals surface area contributed by atoms with E-state index in [1.807, 2.05) is 0 Å². The molecule has 8 aliphatic carbocycles. The highest BCUT2D eigenvalue weighted by Crippen LogP contribution is 2.61. The highest BCUT2D eigenvalue weighted by Gasteiger charge is 2.46. The summed E-state index contributed by atoms with van der Waals surface area (Å²) in [7, 11) is 0. The Bertz CT molecular complexity index is 2860. The molecule has 0 saturated heterocycles. The Balaban J connectivity index is 1.25. The lowest BCUT2D eigenvalue weighted by molar-refractivity contribution is 0.165. The number of hydrogen-bond acceptors (Lipinski definition) is 2. The fourth-order valence-corrected chi connectivity index (χ4v) is 14.6. The van der Waals surface area contributed by atoms with E-state index in [9.17, 15) is 0 Å². The summed E-state index contributed by atoms with van der Waals surface area (Å²) >= 11 is 0. The van der Waals surface area contributed by atoms with Crippen molar-refractivity contribution in [1.82, 2.24) is 9.38 Å². The Hall–Kier alpha value is -4.37. The second-order valence-corrected chi connectivity index (χ2v) is 18.8. The van der Waals surface area contributed by atoms with E-state index in [4.69, 9.17) is 9.40 Å². The van der Waals surface area contributed by atoms with Crippen LogP contribution in [0.3, 0.4) is 0 Å². The average Bonchev–Trinajstić information content (AvgIpc) is 3.71. The first-order valence-corrected chi connectivity index (χ1v) is 20.6. The lowest BCUT2D eigenvalue weighted by Crippen LogP contribution is -2.25. The van der Waals surface area contributed by atoms with E-state index in [1.54, 1.807) is 16.7 Å². The van der Waals surface area contributed by atoms with Crippen LogP contribution in [0.4, 0.5) is 0 Å². The largest absolute Gasteiger partial charge is 0.455 e. The summed E-state index contributed by atoms with van der Waals surface area (Å²) in [6, 6.07) is 21.2. The van der Waals surface area contributed by atoms with Gasteiger partial charge in [-0.05, 0) is 171 Å². The summed E-state index contributed by atoms with van der Waals surface area (Å²) in [5.41, 5.74) is 17.9. The molecule has 3 heteroatoms. The molecular weight excluding hydrogens is 633 g/mol. The van der Waals surface area contributed by atoms with Gasteiger partial charge in [0, 0.05) is 49.5 Å². The zero-order valence-corrected chi connectivity index (χ0v) is 30.3. The second-order valence-electron chi connectivity index (χ2n) is 18.8. The van der Waals surface area contributed by atoms with E-state index in [0.717, 1.165) is 34.8 Å². The van der Waals surface area contributed by atoms with Gasteiger partial charge in [0.2, 0.25) is 0 Å². The number of fused-ring (bicyclic) bond motifs is 10. The van der Waals surface area contributed by atoms with Gasteiger partial charge in [0.05, 0.1) is 22.7 Å². The van der Waals surface area contributed by atoms with Crippen LogP contribution in [0.15, 0.2) is 65.2 Å². The molecule has 8 aromatic rings. The summed E-state index contributed by atoms with van der Waals surface area (Å²) in [6.07, 6.45) is 16.1. The zero-order valence-electron chi connectivity index (χ0n) is 30.3. The lowest BCUT2D eigenvalue weighted by atomic mass is 9.67. The maximum atomic E-state index is 7.23. The molecule has 256 valence electrons. The van der Waals surface area contributed by atoms with Crippen LogP contribution < -0.4 is 0 Å². The standard InChI is InChI=1S/C49H44N2O/c1-23-6-5-7-24(2)40(23)46-42-36-20-34-29-12-25-10-26(13-29)15-30(14-25)35(34)21-37(36)51-38-22-50-47-32-18-27-11-28(19-32)17-31(16-27)41(47)44(38)45(48(42)51)43-33-8-3-4-9-39(33)52-49(43)46/h3-9,20-22,25-32H,10-19H2,1-2H3. The predicted molar refractivity (Wildman–Crippen MR) is 212 cm³/mol. The second kappa shape index (κ2) is 9.40. The molecule has 0 aliphatic heterocycles. The third-order valence-corrected chi connectivity index (χ3v) is 16.0. The van der Waals surface area contributed by atoms with Gasteiger partial charge in [-0.1, -0.05) is 36.4 Å². The van der Waals surface area contributed by atoms with Gasteiger partial charge < -0.3 is 8.82 Å². The molecule has 4 aromatic carbocycles. The number of aromatic nitrogens is 2. The van der Waals surface area contributed by atoms with Crippen molar-refractivity contribution in [2.75, 3.05) is 0 Å². The monoisotopic (exact) mass is 676 g/mol. The van der Waals surface area contributed by atoms with Gasteiger partial charge in [-0.25, -0.2) is 0 Å². The van der Waals surface area contributed by atoms with Crippen LogP contribution in [-0.4, -0.2) is 9.38 Å². The summed E-state index contributed by atoms with van der Waals surface area (Å²) in [5.74, 6) is 6.14. The molecule has 4 aromatic heterocycles. The van der Waals surface area contributed by atoms with Gasteiger partial charge >= 0.3 is 0 Å². The van der Waals surface area contributed by atoms with E-state index in [0.29, 0.717) is 23.7 Å². The third-order valence-electron chi connectivity index (χ3n) is 16.0. The van der Waals surface area contributed by atoms with E-state index in [2.05, 4.69) is 79.0 Å². The molecule has 4 unspecified atom stereocenters. The van der Waals surface area contributed by atoms with Crippen molar-refractivity contribution < 1.29 is 4.42 Å². The third kappa shape index (κ3) is 3.31. The molecule has 4 fully saturated rings. The molecule has 0 amide bonds. The van der Waals surface area contributed by atoms with Crippen molar-refractivity contribution in [2.24, 2.45) is 23.7 Å². The predicted octanol–water partition coefficient (Wildman–Crippen LogP) is 13.2. The molecule has 0 spiro atoms. The molecule has 0 radical (unpaired) electrons. The van der Waals surface area contributed by atoms with Gasteiger partial charge in [-0.2, -0.15) is 0 Å². The van der Waals surface area contributed by atoms with Crippen molar-refractivity contribution in [3.05, 3.63) is 94.3 Å². The van der Waals surface area contributed by atoms with E-state index in [1.165, 1.54) is 141 Å². The fourth-order valence-electron chi connectivity index (χ4n) is 14.6. The maximum Gasteiger partial charge on any atom is 0.144 e. The SMILES string of the molecule is Cc1cccc(C)c1-c1c2oc3ccccc3c2c2c3c4c(ncc3n3c5cc6c(cc5c1c23)C1CC2CC(C1)CC6C2)C1CC2CC(C1)CC4C2. The first-order chi connectivity index (χ1) is 25.6. The maximum absolute atomic E-state index is 7.23. The Morgan fingerprint density at radius 2 is 1.23 bits per heavy atom. The first-order valence-electron chi connectivity index (χ1n) is 20.6. The minimum Gasteiger partial charge on any atom is -0.455 e. The molecule has 0 N–H and O–H groups in total. The molecular formula is C49H44N2O. The highest BCUT2D eigenvalue weighted by atomic mass is 16.3. The summed E-state index contributed by atoms with van der Waals surface area (Å²) in [6.45, 7) is 4.61. The number of aryl methyl sites for hydroxylation is 2. The number of nitrogens with zero attached hydrogens (tertiary/aromatic N) is 2. The van der Waals surface area contributed by atoms with Crippen LogP contribution in [0.25, 0.3) is 71.2 Å². The first kappa shape index (κ1) is 28.2. The number of hydrogen-bond donors (Lipinski definition) is 0. The molecule has 4 saturated carbocycles. The van der Waals surface area contributed by atoms with Gasteiger partial charge in [-0.3, -0.25) is 4.98 Å². The highest BCUT2D eigenvalue weighted by molar-refractivity contribution is 6.39. The number of rotatable bonds is 1. The fraction of sp³-hybridized carbons (Fsp3) is 0.408.